The molecule has 0 saturated carbocycles. The predicted octanol–water partition coefficient (Wildman–Crippen LogP) is 3.04. The van der Waals surface area contributed by atoms with Gasteiger partial charge < -0.3 is 14.2 Å². The van der Waals surface area contributed by atoms with Crippen LogP contribution in [-0.4, -0.2) is 47.0 Å². The first kappa shape index (κ1) is 17.5. The minimum atomic E-state index is 0.148. The van der Waals surface area contributed by atoms with Gasteiger partial charge in [0, 0.05) is 43.3 Å². The van der Waals surface area contributed by atoms with Gasteiger partial charge in [-0.1, -0.05) is 0 Å². The summed E-state index contributed by atoms with van der Waals surface area (Å²) in [6.07, 6.45) is 3.88. The normalized spacial score (nSPS) is 14.8. The monoisotopic (exact) mass is 364 g/mol. The SMILES string of the molecule is Cc1nccc(N2CCN(C(=O)Cc3coc4cc(C)c(C)cc34)CC2)n1. The van der Waals surface area contributed by atoms with E-state index in [1.807, 2.05) is 24.0 Å². The third kappa shape index (κ3) is 3.52. The lowest BCUT2D eigenvalue weighted by atomic mass is 10.0. The van der Waals surface area contributed by atoms with Crippen LogP contribution in [-0.2, 0) is 11.2 Å². The van der Waals surface area contributed by atoms with E-state index in [2.05, 4.69) is 34.8 Å². The Morgan fingerprint density at radius 1 is 1.11 bits per heavy atom. The number of nitrogens with zero attached hydrogens (tertiary/aromatic N) is 4. The number of furan rings is 1. The number of anilines is 1. The van der Waals surface area contributed by atoms with Crippen molar-refractivity contribution in [3.63, 3.8) is 0 Å². The zero-order valence-corrected chi connectivity index (χ0v) is 16.0. The first-order valence-corrected chi connectivity index (χ1v) is 9.31. The Morgan fingerprint density at radius 2 is 1.85 bits per heavy atom. The molecule has 3 aromatic rings. The van der Waals surface area contributed by atoms with E-state index in [0.29, 0.717) is 19.5 Å². The van der Waals surface area contributed by atoms with Crippen molar-refractivity contribution in [3.8, 4) is 0 Å². The smallest absolute Gasteiger partial charge is 0.227 e. The molecular formula is C21H24N4O2. The summed E-state index contributed by atoms with van der Waals surface area (Å²) in [7, 11) is 0. The topological polar surface area (TPSA) is 62.5 Å². The van der Waals surface area contributed by atoms with Crippen LogP contribution >= 0.6 is 0 Å². The van der Waals surface area contributed by atoms with Gasteiger partial charge in [0.25, 0.3) is 0 Å². The summed E-state index contributed by atoms with van der Waals surface area (Å²) in [6, 6.07) is 6.08. The molecule has 4 rings (SSSR count). The zero-order valence-electron chi connectivity index (χ0n) is 16.0. The van der Waals surface area contributed by atoms with E-state index < -0.39 is 0 Å². The fraction of sp³-hybridized carbons (Fsp3) is 0.381. The Morgan fingerprint density at radius 3 is 2.59 bits per heavy atom. The molecule has 1 saturated heterocycles. The molecule has 1 fully saturated rings. The number of benzene rings is 1. The van der Waals surface area contributed by atoms with E-state index >= 15 is 0 Å². The molecule has 6 heteroatoms. The van der Waals surface area contributed by atoms with Crippen LogP contribution in [0.1, 0.15) is 22.5 Å². The van der Waals surface area contributed by atoms with Gasteiger partial charge in [0.2, 0.25) is 5.91 Å². The second-order valence-corrected chi connectivity index (χ2v) is 7.20. The highest BCUT2D eigenvalue weighted by Gasteiger charge is 2.23. The molecule has 140 valence electrons. The molecule has 1 aliphatic rings. The van der Waals surface area contributed by atoms with E-state index in [4.69, 9.17) is 4.42 Å². The molecule has 6 nitrogen and oxygen atoms in total. The number of hydrogen-bond donors (Lipinski definition) is 0. The standard InChI is InChI=1S/C21H24N4O2/c1-14-10-18-17(13-27-19(18)11-15(14)2)12-21(26)25-8-6-24(7-9-25)20-4-5-22-16(3)23-20/h4-5,10-11,13H,6-9,12H2,1-3H3. The molecule has 2 aromatic heterocycles. The maximum Gasteiger partial charge on any atom is 0.227 e. The molecule has 1 aromatic carbocycles. The highest BCUT2D eigenvalue weighted by Crippen LogP contribution is 2.25. The summed E-state index contributed by atoms with van der Waals surface area (Å²) < 4.78 is 5.67. The summed E-state index contributed by atoms with van der Waals surface area (Å²) in [6.45, 7) is 9.02. The average Bonchev–Trinajstić information content (AvgIpc) is 3.04. The highest BCUT2D eigenvalue weighted by atomic mass is 16.3. The largest absolute Gasteiger partial charge is 0.464 e. The fourth-order valence-corrected chi connectivity index (χ4v) is 3.55. The number of carbonyl (C=O) groups excluding carboxylic acids is 1. The summed E-state index contributed by atoms with van der Waals surface area (Å²) >= 11 is 0. The Balaban J connectivity index is 1.42. The Kier molecular flexibility index (Phi) is 4.56. The summed E-state index contributed by atoms with van der Waals surface area (Å²) in [5.41, 5.74) is 4.23. The summed E-state index contributed by atoms with van der Waals surface area (Å²) in [5.74, 6) is 1.85. The second-order valence-electron chi connectivity index (χ2n) is 7.20. The molecule has 27 heavy (non-hydrogen) atoms. The van der Waals surface area contributed by atoms with Crippen LogP contribution in [0.15, 0.2) is 35.1 Å². The third-order valence-corrected chi connectivity index (χ3v) is 5.33. The van der Waals surface area contributed by atoms with Crippen molar-refractivity contribution in [2.75, 3.05) is 31.1 Å². The lowest BCUT2D eigenvalue weighted by Gasteiger charge is -2.35. The lowest BCUT2D eigenvalue weighted by Crippen LogP contribution is -2.49. The summed E-state index contributed by atoms with van der Waals surface area (Å²) in [5, 5.41) is 1.04. The molecule has 0 radical (unpaired) electrons. The van der Waals surface area contributed by atoms with E-state index in [9.17, 15) is 4.79 Å². The molecule has 0 unspecified atom stereocenters. The molecule has 0 atom stereocenters. The fourth-order valence-electron chi connectivity index (χ4n) is 3.55. The minimum Gasteiger partial charge on any atom is -0.464 e. The molecule has 0 N–H and O–H groups in total. The Labute approximate surface area is 158 Å². The van der Waals surface area contributed by atoms with Crippen LogP contribution in [0.25, 0.3) is 11.0 Å². The second kappa shape index (κ2) is 7.02. The zero-order chi connectivity index (χ0) is 19.0. The molecule has 1 aliphatic heterocycles. The van der Waals surface area contributed by atoms with Crippen LogP contribution < -0.4 is 4.90 Å². The van der Waals surface area contributed by atoms with Crippen molar-refractivity contribution in [1.29, 1.82) is 0 Å². The number of aryl methyl sites for hydroxylation is 3. The van der Waals surface area contributed by atoms with E-state index in [1.54, 1.807) is 12.5 Å². The molecule has 0 aliphatic carbocycles. The van der Waals surface area contributed by atoms with Crippen molar-refractivity contribution in [1.82, 2.24) is 14.9 Å². The Hall–Kier alpha value is -2.89. The van der Waals surface area contributed by atoms with Gasteiger partial charge in [-0.2, -0.15) is 0 Å². The maximum absolute atomic E-state index is 12.8. The first-order chi connectivity index (χ1) is 13.0. The number of piperazine rings is 1. The Bertz CT molecular complexity index is 987. The van der Waals surface area contributed by atoms with Gasteiger partial charge in [-0.3, -0.25) is 4.79 Å². The number of aromatic nitrogens is 2. The van der Waals surface area contributed by atoms with Crippen LogP contribution in [0, 0.1) is 20.8 Å². The number of fused-ring (bicyclic) bond motifs is 1. The third-order valence-electron chi connectivity index (χ3n) is 5.33. The van der Waals surface area contributed by atoms with Gasteiger partial charge in [0.05, 0.1) is 12.7 Å². The number of amides is 1. The van der Waals surface area contributed by atoms with E-state index in [1.165, 1.54) is 11.1 Å². The molecule has 1 amide bonds. The minimum absolute atomic E-state index is 0.148. The molecular weight excluding hydrogens is 340 g/mol. The van der Waals surface area contributed by atoms with Crippen molar-refractivity contribution >= 4 is 22.7 Å². The van der Waals surface area contributed by atoms with Gasteiger partial charge >= 0.3 is 0 Å². The number of rotatable bonds is 3. The average molecular weight is 364 g/mol. The van der Waals surface area contributed by atoms with Crippen molar-refractivity contribution in [2.24, 2.45) is 0 Å². The van der Waals surface area contributed by atoms with Gasteiger partial charge in [-0.25, -0.2) is 9.97 Å². The first-order valence-electron chi connectivity index (χ1n) is 9.31. The predicted molar refractivity (Wildman–Crippen MR) is 105 cm³/mol. The van der Waals surface area contributed by atoms with Gasteiger partial charge in [-0.05, 0) is 50.1 Å². The quantitative estimate of drug-likeness (QED) is 0.715. The van der Waals surface area contributed by atoms with Crippen molar-refractivity contribution < 1.29 is 9.21 Å². The van der Waals surface area contributed by atoms with Crippen molar-refractivity contribution in [2.45, 2.75) is 27.2 Å². The van der Waals surface area contributed by atoms with Crippen LogP contribution in [0.3, 0.4) is 0 Å². The highest BCUT2D eigenvalue weighted by molar-refractivity contribution is 5.88. The van der Waals surface area contributed by atoms with Crippen molar-refractivity contribution in [3.05, 3.63) is 53.2 Å². The van der Waals surface area contributed by atoms with E-state index in [0.717, 1.165) is 41.3 Å². The number of carbonyl (C=O) groups is 1. The van der Waals surface area contributed by atoms with E-state index in [-0.39, 0.29) is 5.91 Å². The maximum atomic E-state index is 12.8. The van der Waals surface area contributed by atoms with Gasteiger partial charge in [0.1, 0.15) is 17.2 Å². The molecule has 3 heterocycles. The summed E-state index contributed by atoms with van der Waals surface area (Å²) in [4.78, 5) is 25.6. The van der Waals surface area contributed by atoms with Crippen LogP contribution in [0.5, 0.6) is 0 Å². The lowest BCUT2D eigenvalue weighted by molar-refractivity contribution is -0.130. The number of hydrogen-bond acceptors (Lipinski definition) is 5. The molecule has 0 spiro atoms. The van der Waals surface area contributed by atoms with Crippen LogP contribution in [0.4, 0.5) is 5.82 Å². The molecule has 0 bridgehead atoms. The van der Waals surface area contributed by atoms with Crippen LogP contribution in [0.2, 0.25) is 0 Å². The van der Waals surface area contributed by atoms with Gasteiger partial charge in [0.15, 0.2) is 0 Å². The van der Waals surface area contributed by atoms with Gasteiger partial charge in [-0.15, -0.1) is 0 Å².